The van der Waals surface area contributed by atoms with Crippen LogP contribution < -0.4 is 5.32 Å². The summed E-state index contributed by atoms with van der Waals surface area (Å²) in [5.41, 5.74) is 2.14. The predicted molar refractivity (Wildman–Crippen MR) is 109 cm³/mol. The van der Waals surface area contributed by atoms with Gasteiger partial charge < -0.3 is 15.0 Å². The zero-order valence-electron chi connectivity index (χ0n) is 16.2. The van der Waals surface area contributed by atoms with Gasteiger partial charge >= 0.3 is 5.97 Å². The van der Waals surface area contributed by atoms with Gasteiger partial charge in [-0.3, -0.25) is 14.9 Å². The van der Waals surface area contributed by atoms with Crippen molar-refractivity contribution in [3.05, 3.63) is 62.3 Å². The van der Waals surface area contributed by atoms with Crippen LogP contribution in [0.3, 0.4) is 0 Å². The van der Waals surface area contributed by atoms with Gasteiger partial charge in [0.15, 0.2) is 5.17 Å². The van der Waals surface area contributed by atoms with Crippen LogP contribution in [0, 0.1) is 10.1 Å². The van der Waals surface area contributed by atoms with E-state index in [0.29, 0.717) is 34.2 Å². The van der Waals surface area contributed by atoms with Crippen LogP contribution >= 0.6 is 11.8 Å². The lowest BCUT2D eigenvalue weighted by atomic mass is 9.93. The largest absolute Gasteiger partial charge is 0.466 e. The molecule has 1 aromatic carbocycles. The molecule has 0 aliphatic carbocycles. The predicted octanol–water partition coefficient (Wildman–Crippen LogP) is 2.87. The maximum Gasteiger partial charge on any atom is 0.338 e. The Kier molecular flexibility index (Phi) is 6.02. The molecular weight excluding hydrogens is 396 g/mol. The molecule has 0 spiro atoms. The number of nitrogens with one attached hydrogen (secondary N) is 1. The maximum atomic E-state index is 12.6. The Morgan fingerprint density at radius 1 is 1.34 bits per heavy atom. The first-order chi connectivity index (χ1) is 13.9. The number of ether oxygens (including phenoxy) is 1. The summed E-state index contributed by atoms with van der Waals surface area (Å²) in [6.45, 7) is 4.07. The van der Waals surface area contributed by atoms with Crippen molar-refractivity contribution in [3.8, 4) is 0 Å². The van der Waals surface area contributed by atoms with Gasteiger partial charge in [0.05, 0.1) is 35.8 Å². The quantitative estimate of drug-likeness (QED) is 0.431. The molecule has 10 heteroatoms. The molecule has 1 N–H and O–H groups in total. The fourth-order valence-electron chi connectivity index (χ4n) is 3.26. The number of carbonyl (C=O) groups is 2. The highest BCUT2D eigenvalue weighted by Crippen LogP contribution is 2.44. The zero-order valence-corrected chi connectivity index (χ0v) is 17.0. The first-order valence-corrected chi connectivity index (χ1v) is 9.79. The van der Waals surface area contributed by atoms with Gasteiger partial charge in [-0.2, -0.15) is 0 Å². The molecule has 1 atom stereocenters. The first-order valence-electron chi connectivity index (χ1n) is 8.91. The number of amidine groups is 1. The van der Waals surface area contributed by atoms with Crippen molar-refractivity contribution in [2.24, 2.45) is 4.99 Å². The molecule has 2 aliphatic heterocycles. The summed E-state index contributed by atoms with van der Waals surface area (Å²) < 4.78 is 4.97. The van der Waals surface area contributed by atoms with E-state index >= 15 is 0 Å². The van der Waals surface area contributed by atoms with Crippen LogP contribution in [0.1, 0.15) is 31.9 Å². The first kappa shape index (κ1) is 20.6. The zero-order chi connectivity index (χ0) is 21.1. The lowest BCUT2D eigenvalue weighted by molar-refractivity contribution is -0.384. The van der Waals surface area contributed by atoms with Gasteiger partial charge in [0.1, 0.15) is 0 Å². The SMILES string of the molecule is CCNC(=O)CC1=CSC2=NC(C)=C(C(=O)OC)[C@@H](c3ccc([N+](=O)[O-])cc3)N12. The molecule has 0 unspecified atom stereocenters. The van der Waals surface area contributed by atoms with E-state index in [2.05, 4.69) is 10.3 Å². The standard InChI is InChI=1S/C19H20N4O5S/c1-4-20-15(24)9-14-10-29-19-21-11(2)16(18(25)28-3)17(22(14)19)12-5-7-13(8-6-12)23(26)27/h5-8,10,17H,4,9H2,1-3H3,(H,20,24)/t17-/m1/s1. The number of nitro benzene ring substituents is 1. The van der Waals surface area contributed by atoms with Crippen molar-refractivity contribution >= 4 is 34.5 Å². The molecular formula is C19H20N4O5S. The van der Waals surface area contributed by atoms with Gasteiger partial charge in [0.2, 0.25) is 5.91 Å². The number of benzene rings is 1. The Labute approximate surface area is 171 Å². The molecule has 0 bridgehead atoms. The van der Waals surface area contributed by atoms with E-state index in [1.807, 2.05) is 17.2 Å². The number of thioether (sulfide) groups is 1. The third-order valence-corrected chi connectivity index (χ3v) is 5.43. The number of hydrogen-bond donors (Lipinski definition) is 1. The average Bonchev–Trinajstić information content (AvgIpc) is 3.08. The molecule has 0 saturated heterocycles. The van der Waals surface area contributed by atoms with Crippen molar-refractivity contribution in [1.29, 1.82) is 0 Å². The Hall–Kier alpha value is -3.14. The fourth-order valence-corrected chi connectivity index (χ4v) is 4.22. The minimum absolute atomic E-state index is 0.0485. The van der Waals surface area contributed by atoms with E-state index in [4.69, 9.17) is 4.74 Å². The Balaban J connectivity index is 2.06. The van der Waals surface area contributed by atoms with Crippen molar-refractivity contribution in [3.63, 3.8) is 0 Å². The Morgan fingerprint density at radius 2 is 2.03 bits per heavy atom. The number of nitrogens with zero attached hydrogens (tertiary/aromatic N) is 3. The van der Waals surface area contributed by atoms with E-state index in [9.17, 15) is 19.7 Å². The number of hydrogen-bond acceptors (Lipinski definition) is 8. The molecule has 0 radical (unpaired) electrons. The topological polar surface area (TPSA) is 114 Å². The average molecular weight is 416 g/mol. The number of allylic oxidation sites excluding steroid dienone is 1. The lowest BCUT2D eigenvalue weighted by Gasteiger charge is -2.36. The van der Waals surface area contributed by atoms with Crippen molar-refractivity contribution in [2.75, 3.05) is 13.7 Å². The highest BCUT2D eigenvalue weighted by atomic mass is 32.2. The summed E-state index contributed by atoms with van der Waals surface area (Å²) in [4.78, 5) is 41.6. The van der Waals surface area contributed by atoms with Crippen molar-refractivity contribution < 1.29 is 19.2 Å². The number of esters is 1. The van der Waals surface area contributed by atoms with E-state index in [0.717, 1.165) is 0 Å². The number of methoxy groups -OCH3 is 1. The van der Waals surface area contributed by atoms with Crippen LogP contribution in [0.2, 0.25) is 0 Å². The minimum Gasteiger partial charge on any atom is -0.466 e. The van der Waals surface area contributed by atoms with Crippen molar-refractivity contribution in [2.45, 2.75) is 26.3 Å². The molecule has 1 amide bonds. The summed E-state index contributed by atoms with van der Waals surface area (Å²) >= 11 is 1.37. The smallest absolute Gasteiger partial charge is 0.338 e. The van der Waals surface area contributed by atoms with E-state index in [1.165, 1.54) is 31.0 Å². The number of fused-ring (bicyclic) bond motifs is 1. The van der Waals surface area contributed by atoms with Crippen LogP contribution in [0.4, 0.5) is 5.69 Å². The van der Waals surface area contributed by atoms with Crippen LogP contribution in [-0.2, 0) is 14.3 Å². The number of aliphatic imine (C=N–C) groups is 1. The Bertz CT molecular complexity index is 952. The van der Waals surface area contributed by atoms with Crippen LogP contribution in [-0.4, -0.2) is 40.5 Å². The molecule has 2 heterocycles. The summed E-state index contributed by atoms with van der Waals surface area (Å²) in [6, 6.07) is 5.39. The summed E-state index contributed by atoms with van der Waals surface area (Å²) in [7, 11) is 1.29. The van der Waals surface area contributed by atoms with E-state index in [1.54, 1.807) is 19.1 Å². The second kappa shape index (κ2) is 8.48. The highest BCUT2D eigenvalue weighted by Gasteiger charge is 2.41. The third kappa shape index (κ3) is 4.02. The monoisotopic (exact) mass is 416 g/mol. The molecule has 152 valence electrons. The second-order valence-electron chi connectivity index (χ2n) is 6.36. The number of non-ortho nitro benzene ring substituents is 1. The molecule has 1 aromatic rings. The van der Waals surface area contributed by atoms with E-state index in [-0.39, 0.29) is 18.0 Å². The van der Waals surface area contributed by atoms with Gasteiger partial charge in [-0.05, 0) is 37.0 Å². The molecule has 29 heavy (non-hydrogen) atoms. The van der Waals surface area contributed by atoms with Crippen LogP contribution in [0.25, 0.3) is 0 Å². The van der Waals surface area contributed by atoms with Gasteiger partial charge in [-0.1, -0.05) is 11.8 Å². The maximum absolute atomic E-state index is 12.6. The molecule has 0 fully saturated rings. The Morgan fingerprint density at radius 3 is 2.62 bits per heavy atom. The van der Waals surface area contributed by atoms with Crippen LogP contribution in [0.15, 0.2) is 51.6 Å². The lowest BCUT2D eigenvalue weighted by Crippen LogP contribution is -2.37. The number of amides is 1. The number of nitro groups is 1. The van der Waals surface area contributed by atoms with Gasteiger partial charge in [-0.15, -0.1) is 0 Å². The second-order valence-corrected chi connectivity index (χ2v) is 7.20. The molecule has 9 nitrogen and oxygen atoms in total. The molecule has 2 aliphatic rings. The van der Waals surface area contributed by atoms with Crippen LogP contribution in [0.5, 0.6) is 0 Å². The van der Waals surface area contributed by atoms with Crippen molar-refractivity contribution in [1.82, 2.24) is 10.2 Å². The number of carbonyl (C=O) groups excluding carboxylic acids is 2. The van der Waals surface area contributed by atoms with Gasteiger partial charge in [0, 0.05) is 24.4 Å². The third-order valence-electron chi connectivity index (χ3n) is 4.54. The highest BCUT2D eigenvalue weighted by molar-refractivity contribution is 8.16. The summed E-state index contributed by atoms with van der Waals surface area (Å²) in [6.07, 6.45) is 0.122. The fraction of sp³-hybridized carbons (Fsp3) is 0.316. The molecule has 3 rings (SSSR count). The summed E-state index contributed by atoms with van der Waals surface area (Å²) in [5.74, 6) is -0.683. The summed E-state index contributed by atoms with van der Waals surface area (Å²) in [5, 5.41) is 16.2. The number of rotatable bonds is 6. The molecule has 0 saturated carbocycles. The van der Waals surface area contributed by atoms with Gasteiger partial charge in [-0.25, -0.2) is 9.79 Å². The normalized spacial score (nSPS) is 18.0. The molecule has 0 aromatic heterocycles. The van der Waals surface area contributed by atoms with Gasteiger partial charge in [0.25, 0.3) is 5.69 Å². The van der Waals surface area contributed by atoms with E-state index < -0.39 is 16.9 Å². The minimum atomic E-state index is -0.605.